The molecule has 254 valence electrons. The molecule has 0 amide bonds. The van der Waals surface area contributed by atoms with Crippen LogP contribution in [0.25, 0.3) is 108 Å². The normalized spacial score (nSPS) is 11.6. The van der Waals surface area contributed by atoms with Crippen molar-refractivity contribution in [2.24, 2.45) is 0 Å². The van der Waals surface area contributed by atoms with Crippen molar-refractivity contribution in [1.82, 2.24) is 0 Å². The fourth-order valence-corrected chi connectivity index (χ4v) is 10.2. The highest BCUT2D eigenvalue weighted by Crippen LogP contribution is 2.50. The molecule has 0 aliphatic rings. The third kappa shape index (κ3) is 4.77. The van der Waals surface area contributed by atoms with E-state index in [1.54, 1.807) is 0 Å². The highest BCUT2D eigenvalue weighted by atomic mass is 32.1. The number of fused-ring (bicyclic) bond motifs is 7. The molecule has 55 heavy (non-hydrogen) atoms. The average molecular weight is 714 g/mol. The van der Waals surface area contributed by atoms with Crippen molar-refractivity contribution < 1.29 is 0 Å². The zero-order valence-electron chi connectivity index (χ0n) is 29.8. The highest BCUT2D eigenvalue weighted by Gasteiger charge is 2.22. The average Bonchev–Trinajstić information content (AvgIpc) is 3.63. The Hall–Kier alpha value is -7.05. The van der Waals surface area contributed by atoms with Crippen LogP contribution < -0.4 is 0 Å². The molecule has 2 heteroatoms. The summed E-state index contributed by atoms with van der Waals surface area (Å²) in [7, 11) is 0. The number of nitriles is 1. The number of thiophene rings is 1. The van der Waals surface area contributed by atoms with Crippen molar-refractivity contribution in [3.05, 3.63) is 194 Å². The van der Waals surface area contributed by atoms with Gasteiger partial charge in [-0.3, -0.25) is 0 Å². The van der Waals surface area contributed by atoms with Crippen LogP contribution in [0.15, 0.2) is 188 Å². The standard InChI is InChI=1S/C53H31NS/c54-32-35-17-4-5-18-36(35)51-41-23-10-12-25-43(41)52(44-26-13-11-24-42(44)51)46-27-14-28-47-53(46)45-30-29-34(31-48(45)55-47)50-39-21-8-6-19-37(39)49(33-15-2-1-3-16-33)38-20-7-9-22-40(38)50/h1-31H. The number of hydrogen-bond acceptors (Lipinski definition) is 2. The molecule has 0 N–H and O–H groups in total. The van der Waals surface area contributed by atoms with Gasteiger partial charge < -0.3 is 0 Å². The van der Waals surface area contributed by atoms with Gasteiger partial charge in [-0.05, 0) is 100 Å². The number of benzene rings is 10. The van der Waals surface area contributed by atoms with Crippen LogP contribution in [0, 0.1) is 11.3 Å². The first-order valence-corrected chi connectivity index (χ1v) is 19.5. The summed E-state index contributed by atoms with van der Waals surface area (Å²) >= 11 is 1.87. The lowest BCUT2D eigenvalue weighted by Gasteiger charge is -2.19. The number of hydrogen-bond donors (Lipinski definition) is 0. The quantitative estimate of drug-likeness (QED) is 0.167. The summed E-state index contributed by atoms with van der Waals surface area (Å²) in [5.41, 5.74) is 10.2. The maximum atomic E-state index is 10.2. The Kier molecular flexibility index (Phi) is 7.17. The summed E-state index contributed by atoms with van der Waals surface area (Å²) in [6, 6.07) is 70.3. The lowest BCUT2D eigenvalue weighted by molar-refractivity contribution is 1.48. The lowest BCUT2D eigenvalue weighted by Crippen LogP contribution is -1.92. The van der Waals surface area contributed by atoms with Gasteiger partial charge in [0.1, 0.15) is 0 Å². The Morgan fingerprint density at radius 1 is 0.327 bits per heavy atom. The van der Waals surface area contributed by atoms with Crippen molar-refractivity contribution in [3.63, 3.8) is 0 Å². The molecular weight excluding hydrogens is 683 g/mol. The Bertz CT molecular complexity index is 3270. The fraction of sp³-hybridized carbons (Fsp3) is 0. The SMILES string of the molecule is N#Cc1ccccc1-c1c2ccccc2c(-c2cccc3sc4cc(-c5c6ccccc6c(-c6ccccc6)c6ccccc56)ccc4c23)c2ccccc12. The van der Waals surface area contributed by atoms with Crippen LogP contribution in [0.5, 0.6) is 0 Å². The third-order valence-corrected chi connectivity index (χ3v) is 12.4. The van der Waals surface area contributed by atoms with Gasteiger partial charge in [0, 0.05) is 25.7 Å². The number of nitrogens with zero attached hydrogens (tertiary/aromatic N) is 1. The van der Waals surface area contributed by atoms with Crippen LogP contribution >= 0.6 is 11.3 Å². The molecule has 0 bridgehead atoms. The minimum absolute atomic E-state index is 0.683. The molecule has 1 nitrogen and oxygen atoms in total. The van der Waals surface area contributed by atoms with E-state index in [0.29, 0.717) is 5.56 Å². The first kappa shape index (κ1) is 31.5. The van der Waals surface area contributed by atoms with Gasteiger partial charge in [0.25, 0.3) is 0 Å². The number of rotatable bonds is 4. The molecule has 0 unspecified atom stereocenters. The molecule has 0 fully saturated rings. The van der Waals surface area contributed by atoms with Crippen LogP contribution in [0.1, 0.15) is 5.56 Å². The minimum atomic E-state index is 0.683. The first-order valence-electron chi connectivity index (χ1n) is 18.7. The van der Waals surface area contributed by atoms with E-state index in [0.717, 1.165) is 21.9 Å². The summed E-state index contributed by atoms with van der Waals surface area (Å²) in [5, 5.41) is 22.4. The van der Waals surface area contributed by atoms with E-state index in [4.69, 9.17) is 0 Å². The molecule has 0 saturated heterocycles. The summed E-state index contributed by atoms with van der Waals surface area (Å²) in [6.07, 6.45) is 0. The second kappa shape index (κ2) is 12.5. The molecule has 0 radical (unpaired) electrons. The van der Waals surface area contributed by atoms with Gasteiger partial charge in [0.15, 0.2) is 0 Å². The van der Waals surface area contributed by atoms with Crippen molar-refractivity contribution >= 4 is 74.6 Å². The second-order valence-corrected chi connectivity index (χ2v) is 15.3. The smallest absolute Gasteiger partial charge is 0.0998 e. The van der Waals surface area contributed by atoms with Crippen LogP contribution in [0.4, 0.5) is 0 Å². The first-order chi connectivity index (χ1) is 27.3. The molecule has 10 aromatic carbocycles. The largest absolute Gasteiger partial charge is 0.192 e. The third-order valence-electron chi connectivity index (χ3n) is 11.3. The Balaban J connectivity index is 1.18. The fourth-order valence-electron chi connectivity index (χ4n) is 9.05. The summed E-state index contributed by atoms with van der Waals surface area (Å²) in [5.74, 6) is 0. The van der Waals surface area contributed by atoms with Gasteiger partial charge in [-0.25, -0.2) is 0 Å². The predicted octanol–water partition coefficient (Wildman–Crippen LogP) is 15.2. The molecule has 0 aliphatic carbocycles. The molecule has 0 aliphatic heterocycles. The molecule has 0 spiro atoms. The van der Waals surface area contributed by atoms with E-state index in [1.165, 1.54) is 85.9 Å². The maximum Gasteiger partial charge on any atom is 0.0998 e. The molecule has 1 aromatic heterocycles. The van der Waals surface area contributed by atoms with Crippen LogP contribution in [-0.2, 0) is 0 Å². The van der Waals surface area contributed by atoms with Crippen LogP contribution in [-0.4, -0.2) is 0 Å². The van der Waals surface area contributed by atoms with Crippen molar-refractivity contribution in [2.45, 2.75) is 0 Å². The van der Waals surface area contributed by atoms with E-state index in [-0.39, 0.29) is 0 Å². The summed E-state index contributed by atoms with van der Waals surface area (Å²) < 4.78 is 2.54. The van der Waals surface area contributed by atoms with E-state index < -0.39 is 0 Å². The predicted molar refractivity (Wildman–Crippen MR) is 236 cm³/mol. The Morgan fingerprint density at radius 2 is 0.782 bits per heavy atom. The van der Waals surface area contributed by atoms with Gasteiger partial charge in [-0.1, -0.05) is 170 Å². The second-order valence-electron chi connectivity index (χ2n) is 14.2. The van der Waals surface area contributed by atoms with Gasteiger partial charge >= 0.3 is 0 Å². The monoisotopic (exact) mass is 713 g/mol. The lowest BCUT2D eigenvalue weighted by atomic mass is 9.84. The highest BCUT2D eigenvalue weighted by molar-refractivity contribution is 7.26. The molecule has 11 rings (SSSR count). The molecule has 0 saturated carbocycles. The molecule has 1 heterocycles. The van der Waals surface area contributed by atoms with Gasteiger partial charge in [-0.15, -0.1) is 11.3 Å². The van der Waals surface area contributed by atoms with E-state index in [1.807, 2.05) is 29.5 Å². The maximum absolute atomic E-state index is 10.2. The Labute approximate surface area is 322 Å². The van der Waals surface area contributed by atoms with Crippen molar-refractivity contribution in [3.8, 4) is 50.6 Å². The summed E-state index contributed by atoms with van der Waals surface area (Å²) in [4.78, 5) is 0. The molecular formula is C53H31NS. The van der Waals surface area contributed by atoms with Gasteiger partial charge in [0.2, 0.25) is 0 Å². The van der Waals surface area contributed by atoms with Crippen molar-refractivity contribution in [1.29, 1.82) is 5.26 Å². The Morgan fingerprint density at radius 3 is 1.35 bits per heavy atom. The van der Waals surface area contributed by atoms with Crippen LogP contribution in [0.2, 0.25) is 0 Å². The topological polar surface area (TPSA) is 23.8 Å². The zero-order chi connectivity index (χ0) is 36.5. The van der Waals surface area contributed by atoms with E-state index in [9.17, 15) is 5.26 Å². The van der Waals surface area contributed by atoms with Gasteiger partial charge in [-0.2, -0.15) is 5.26 Å². The summed E-state index contributed by atoms with van der Waals surface area (Å²) in [6.45, 7) is 0. The zero-order valence-corrected chi connectivity index (χ0v) is 30.6. The minimum Gasteiger partial charge on any atom is -0.192 e. The molecule has 11 aromatic rings. The van der Waals surface area contributed by atoms with Crippen molar-refractivity contribution in [2.75, 3.05) is 0 Å². The van der Waals surface area contributed by atoms with E-state index in [2.05, 4.69) is 176 Å². The van der Waals surface area contributed by atoms with Gasteiger partial charge in [0.05, 0.1) is 11.6 Å². The molecule has 0 atom stereocenters. The van der Waals surface area contributed by atoms with E-state index >= 15 is 0 Å². The van der Waals surface area contributed by atoms with Crippen LogP contribution in [0.3, 0.4) is 0 Å².